The Kier molecular flexibility index (Phi) is 2.77. The van der Waals surface area contributed by atoms with Gasteiger partial charge in [-0.25, -0.2) is 4.39 Å². The van der Waals surface area contributed by atoms with Gasteiger partial charge in [0.25, 0.3) is 0 Å². The average molecular weight is 215 g/mol. The Balaban J connectivity index is 2.45. The van der Waals surface area contributed by atoms with E-state index >= 15 is 0 Å². The molecule has 0 atom stereocenters. The Morgan fingerprint density at radius 2 is 1.81 bits per heavy atom. The summed E-state index contributed by atoms with van der Waals surface area (Å²) >= 11 is 0. The molecule has 16 heavy (non-hydrogen) atoms. The number of hydrogen-bond acceptors (Lipinski definition) is 2. The van der Waals surface area contributed by atoms with Crippen molar-refractivity contribution in [1.29, 1.82) is 0 Å². The monoisotopic (exact) mass is 215 g/mol. The molecule has 0 aliphatic heterocycles. The van der Waals surface area contributed by atoms with Crippen LogP contribution in [0.2, 0.25) is 0 Å². The molecule has 0 saturated heterocycles. The first-order valence-electron chi connectivity index (χ1n) is 4.89. The number of pyridine rings is 1. The van der Waals surface area contributed by atoms with Crippen LogP contribution in [0.15, 0.2) is 36.4 Å². The van der Waals surface area contributed by atoms with Crippen molar-refractivity contribution >= 4 is 6.29 Å². The molecular formula is C13H10FNO. The van der Waals surface area contributed by atoms with E-state index in [1.54, 1.807) is 31.2 Å². The van der Waals surface area contributed by atoms with Gasteiger partial charge in [0, 0.05) is 16.8 Å². The number of aromatic nitrogens is 1. The fourth-order valence-corrected chi connectivity index (χ4v) is 1.48. The van der Waals surface area contributed by atoms with Crippen LogP contribution in [-0.4, -0.2) is 11.3 Å². The lowest BCUT2D eigenvalue weighted by molar-refractivity contribution is 0.112. The van der Waals surface area contributed by atoms with Crippen molar-refractivity contribution in [3.8, 4) is 11.3 Å². The highest BCUT2D eigenvalue weighted by molar-refractivity contribution is 5.77. The molecule has 1 heterocycles. The van der Waals surface area contributed by atoms with Gasteiger partial charge >= 0.3 is 0 Å². The first-order chi connectivity index (χ1) is 7.70. The number of halogens is 1. The number of nitrogens with zero attached hydrogens (tertiary/aromatic N) is 1. The molecule has 0 N–H and O–H groups in total. The van der Waals surface area contributed by atoms with E-state index in [4.69, 9.17) is 0 Å². The van der Waals surface area contributed by atoms with Crippen LogP contribution < -0.4 is 0 Å². The standard InChI is InChI=1S/C13H10FNO/c1-9-11(8-16)4-7-13(15-9)10-2-5-12(14)6-3-10/h2-8H,1H3. The molecule has 0 saturated carbocycles. The lowest BCUT2D eigenvalue weighted by atomic mass is 10.1. The van der Waals surface area contributed by atoms with E-state index in [1.165, 1.54) is 12.1 Å². The Morgan fingerprint density at radius 3 is 2.38 bits per heavy atom. The van der Waals surface area contributed by atoms with E-state index in [2.05, 4.69) is 4.98 Å². The van der Waals surface area contributed by atoms with Gasteiger partial charge in [-0.15, -0.1) is 0 Å². The van der Waals surface area contributed by atoms with E-state index in [1.807, 2.05) is 0 Å². The van der Waals surface area contributed by atoms with Crippen LogP contribution >= 0.6 is 0 Å². The van der Waals surface area contributed by atoms with E-state index < -0.39 is 0 Å². The molecule has 1 aromatic carbocycles. The second-order valence-corrected chi connectivity index (χ2v) is 3.50. The van der Waals surface area contributed by atoms with Crippen molar-refractivity contribution in [2.45, 2.75) is 6.92 Å². The third kappa shape index (κ3) is 1.98. The predicted octanol–water partition coefficient (Wildman–Crippen LogP) is 3.01. The van der Waals surface area contributed by atoms with Gasteiger partial charge in [0.1, 0.15) is 5.82 Å². The van der Waals surface area contributed by atoms with Crippen molar-refractivity contribution in [1.82, 2.24) is 4.98 Å². The Bertz CT molecular complexity index is 520. The molecule has 3 heteroatoms. The highest BCUT2D eigenvalue weighted by Crippen LogP contribution is 2.18. The summed E-state index contributed by atoms with van der Waals surface area (Å²) < 4.78 is 12.7. The molecule has 0 unspecified atom stereocenters. The van der Waals surface area contributed by atoms with Crippen LogP contribution in [-0.2, 0) is 0 Å². The number of aldehydes is 1. The minimum atomic E-state index is -0.273. The van der Waals surface area contributed by atoms with Gasteiger partial charge < -0.3 is 0 Å². The largest absolute Gasteiger partial charge is 0.298 e. The zero-order valence-corrected chi connectivity index (χ0v) is 8.77. The zero-order chi connectivity index (χ0) is 11.5. The molecule has 0 spiro atoms. The van der Waals surface area contributed by atoms with Gasteiger partial charge in [0.2, 0.25) is 0 Å². The minimum absolute atomic E-state index is 0.273. The number of carbonyl (C=O) groups excluding carboxylic acids is 1. The van der Waals surface area contributed by atoms with E-state index in [-0.39, 0.29) is 5.82 Å². The number of carbonyl (C=O) groups is 1. The molecule has 2 aromatic rings. The van der Waals surface area contributed by atoms with Crippen LogP contribution in [0, 0.1) is 12.7 Å². The van der Waals surface area contributed by atoms with Gasteiger partial charge in [0.15, 0.2) is 6.29 Å². The third-order valence-electron chi connectivity index (χ3n) is 2.39. The van der Waals surface area contributed by atoms with Crippen LogP contribution in [0.5, 0.6) is 0 Å². The molecule has 0 bridgehead atoms. The molecule has 0 amide bonds. The molecule has 0 radical (unpaired) electrons. The van der Waals surface area contributed by atoms with Gasteiger partial charge in [-0.05, 0) is 43.3 Å². The zero-order valence-electron chi connectivity index (χ0n) is 8.77. The SMILES string of the molecule is Cc1nc(-c2ccc(F)cc2)ccc1C=O. The van der Waals surface area contributed by atoms with Crippen LogP contribution in [0.25, 0.3) is 11.3 Å². The summed E-state index contributed by atoms with van der Waals surface area (Å²) in [6, 6.07) is 9.58. The highest BCUT2D eigenvalue weighted by atomic mass is 19.1. The Labute approximate surface area is 92.8 Å². The third-order valence-corrected chi connectivity index (χ3v) is 2.39. The van der Waals surface area contributed by atoms with E-state index in [0.717, 1.165) is 17.5 Å². The summed E-state index contributed by atoms with van der Waals surface area (Å²) in [4.78, 5) is 14.9. The van der Waals surface area contributed by atoms with E-state index in [9.17, 15) is 9.18 Å². The summed E-state index contributed by atoms with van der Waals surface area (Å²) in [5.74, 6) is -0.273. The van der Waals surface area contributed by atoms with E-state index in [0.29, 0.717) is 11.3 Å². The van der Waals surface area contributed by atoms with Crippen molar-refractivity contribution in [3.63, 3.8) is 0 Å². The lowest BCUT2D eigenvalue weighted by Crippen LogP contribution is -1.93. The molecular weight excluding hydrogens is 205 g/mol. The number of benzene rings is 1. The Morgan fingerprint density at radius 1 is 1.12 bits per heavy atom. The first kappa shape index (κ1) is 10.5. The lowest BCUT2D eigenvalue weighted by Gasteiger charge is -2.03. The minimum Gasteiger partial charge on any atom is -0.298 e. The molecule has 2 rings (SSSR count). The average Bonchev–Trinajstić information content (AvgIpc) is 2.30. The molecule has 2 nitrogen and oxygen atoms in total. The quantitative estimate of drug-likeness (QED) is 0.721. The second-order valence-electron chi connectivity index (χ2n) is 3.50. The summed E-state index contributed by atoms with van der Waals surface area (Å²) in [7, 11) is 0. The predicted molar refractivity (Wildman–Crippen MR) is 59.8 cm³/mol. The summed E-state index contributed by atoms with van der Waals surface area (Å²) in [6.07, 6.45) is 0.775. The molecule has 1 aromatic heterocycles. The fraction of sp³-hybridized carbons (Fsp3) is 0.0769. The second kappa shape index (κ2) is 4.23. The topological polar surface area (TPSA) is 30.0 Å². The molecule has 0 fully saturated rings. The fourth-order valence-electron chi connectivity index (χ4n) is 1.48. The van der Waals surface area contributed by atoms with Crippen LogP contribution in [0.3, 0.4) is 0 Å². The smallest absolute Gasteiger partial charge is 0.151 e. The molecule has 80 valence electrons. The van der Waals surface area contributed by atoms with Gasteiger partial charge in [-0.3, -0.25) is 9.78 Å². The van der Waals surface area contributed by atoms with Crippen molar-refractivity contribution in [2.75, 3.05) is 0 Å². The van der Waals surface area contributed by atoms with Crippen LogP contribution in [0.4, 0.5) is 4.39 Å². The molecule has 0 aliphatic carbocycles. The summed E-state index contributed by atoms with van der Waals surface area (Å²) in [6.45, 7) is 1.77. The number of aryl methyl sites for hydroxylation is 1. The summed E-state index contributed by atoms with van der Waals surface area (Å²) in [5.41, 5.74) is 2.83. The molecule has 0 aliphatic rings. The Hall–Kier alpha value is -2.03. The summed E-state index contributed by atoms with van der Waals surface area (Å²) in [5, 5.41) is 0. The van der Waals surface area contributed by atoms with Crippen molar-refractivity contribution in [3.05, 3.63) is 53.5 Å². The maximum atomic E-state index is 12.7. The van der Waals surface area contributed by atoms with Gasteiger partial charge in [0.05, 0.1) is 5.69 Å². The maximum absolute atomic E-state index is 12.7. The highest BCUT2D eigenvalue weighted by Gasteiger charge is 2.03. The normalized spacial score (nSPS) is 10.1. The van der Waals surface area contributed by atoms with Crippen LogP contribution in [0.1, 0.15) is 16.1 Å². The first-order valence-corrected chi connectivity index (χ1v) is 4.89. The van der Waals surface area contributed by atoms with Gasteiger partial charge in [-0.1, -0.05) is 0 Å². The van der Waals surface area contributed by atoms with Crippen molar-refractivity contribution < 1.29 is 9.18 Å². The van der Waals surface area contributed by atoms with Crippen molar-refractivity contribution in [2.24, 2.45) is 0 Å². The number of hydrogen-bond donors (Lipinski definition) is 0. The number of rotatable bonds is 2. The van der Waals surface area contributed by atoms with Gasteiger partial charge in [-0.2, -0.15) is 0 Å². The maximum Gasteiger partial charge on any atom is 0.151 e.